The summed E-state index contributed by atoms with van der Waals surface area (Å²) in [6, 6.07) is 13.1. The zero-order valence-corrected chi connectivity index (χ0v) is 14.4. The summed E-state index contributed by atoms with van der Waals surface area (Å²) in [5, 5.41) is 3.28. The number of ether oxygens (including phenoxy) is 1. The fourth-order valence-corrected chi connectivity index (χ4v) is 2.78. The van der Waals surface area contributed by atoms with Crippen molar-refractivity contribution in [3.63, 3.8) is 0 Å². The summed E-state index contributed by atoms with van der Waals surface area (Å²) in [5.74, 6) is 0.0109. The number of anilines is 2. The first-order valence-corrected chi connectivity index (χ1v) is 8.19. The number of hydrogen-bond donors (Lipinski definition) is 1. The van der Waals surface area contributed by atoms with Gasteiger partial charge in [-0.15, -0.1) is 0 Å². The van der Waals surface area contributed by atoms with Gasteiger partial charge in [-0.2, -0.15) is 0 Å². The third-order valence-electron chi connectivity index (χ3n) is 4.12. The van der Waals surface area contributed by atoms with Gasteiger partial charge in [0.1, 0.15) is 17.3 Å². The smallest absolute Gasteiger partial charge is 0.337 e. The first kappa shape index (κ1) is 16.7. The van der Waals surface area contributed by atoms with E-state index in [2.05, 4.69) is 15.3 Å². The molecule has 0 atom stereocenters. The van der Waals surface area contributed by atoms with Gasteiger partial charge in [0.15, 0.2) is 5.65 Å². The van der Waals surface area contributed by atoms with E-state index in [-0.39, 0.29) is 5.82 Å². The molecule has 0 amide bonds. The van der Waals surface area contributed by atoms with Gasteiger partial charge in [-0.1, -0.05) is 12.1 Å². The number of benzene rings is 2. The van der Waals surface area contributed by atoms with Crippen LogP contribution in [0.4, 0.5) is 15.9 Å². The quantitative estimate of drug-likeness (QED) is 0.554. The molecule has 1 N–H and O–H groups in total. The molecule has 0 saturated carbocycles. The Kier molecular flexibility index (Phi) is 4.25. The average Bonchev–Trinajstić information content (AvgIpc) is 3.08. The van der Waals surface area contributed by atoms with E-state index < -0.39 is 5.97 Å². The van der Waals surface area contributed by atoms with Crippen LogP contribution in [0.25, 0.3) is 16.9 Å². The van der Waals surface area contributed by atoms with E-state index in [0.717, 1.165) is 11.3 Å². The van der Waals surface area contributed by atoms with Crippen LogP contribution in [0.15, 0.2) is 67.1 Å². The van der Waals surface area contributed by atoms with Crippen LogP contribution in [0.5, 0.6) is 0 Å². The van der Waals surface area contributed by atoms with Crippen molar-refractivity contribution in [3.8, 4) is 11.3 Å². The van der Waals surface area contributed by atoms with Crippen molar-refractivity contribution in [2.75, 3.05) is 12.4 Å². The highest BCUT2D eigenvalue weighted by Gasteiger charge is 2.15. The summed E-state index contributed by atoms with van der Waals surface area (Å²) in [6.45, 7) is 0. The minimum atomic E-state index is -0.398. The normalized spacial score (nSPS) is 10.7. The second-order valence-corrected chi connectivity index (χ2v) is 5.81. The number of esters is 1. The summed E-state index contributed by atoms with van der Waals surface area (Å²) >= 11 is 0. The largest absolute Gasteiger partial charge is 0.465 e. The molecule has 0 aliphatic heterocycles. The molecule has 0 radical (unpaired) electrons. The van der Waals surface area contributed by atoms with Crippen molar-refractivity contribution in [2.24, 2.45) is 0 Å². The van der Waals surface area contributed by atoms with Gasteiger partial charge in [-0.05, 0) is 36.4 Å². The van der Waals surface area contributed by atoms with Crippen LogP contribution < -0.4 is 5.32 Å². The van der Waals surface area contributed by atoms with Gasteiger partial charge in [0.2, 0.25) is 0 Å². The fraction of sp³-hybridized carbons (Fsp3) is 0.0500. The average molecular weight is 362 g/mol. The number of carbonyl (C=O) groups is 1. The van der Waals surface area contributed by atoms with E-state index in [1.54, 1.807) is 55.0 Å². The number of carbonyl (C=O) groups excluding carboxylic acids is 1. The van der Waals surface area contributed by atoms with Gasteiger partial charge in [0.05, 0.1) is 18.9 Å². The molecule has 4 rings (SSSR count). The molecule has 2 aromatic carbocycles. The summed E-state index contributed by atoms with van der Waals surface area (Å²) in [7, 11) is 1.34. The van der Waals surface area contributed by atoms with Crippen molar-refractivity contribution >= 4 is 23.1 Å². The van der Waals surface area contributed by atoms with Gasteiger partial charge in [-0.25, -0.2) is 14.2 Å². The first-order chi connectivity index (χ1) is 13.2. The molecule has 7 heteroatoms. The van der Waals surface area contributed by atoms with Crippen molar-refractivity contribution in [1.29, 1.82) is 0 Å². The topological polar surface area (TPSA) is 68.5 Å². The maximum atomic E-state index is 13.2. The van der Waals surface area contributed by atoms with E-state index in [0.29, 0.717) is 22.7 Å². The van der Waals surface area contributed by atoms with Crippen LogP contribution in [0.1, 0.15) is 10.4 Å². The number of halogens is 1. The number of nitrogens with zero attached hydrogens (tertiary/aromatic N) is 3. The van der Waals surface area contributed by atoms with E-state index in [1.165, 1.54) is 19.2 Å². The van der Waals surface area contributed by atoms with Gasteiger partial charge in [0.25, 0.3) is 0 Å². The van der Waals surface area contributed by atoms with E-state index in [1.807, 2.05) is 4.40 Å². The summed E-state index contributed by atoms with van der Waals surface area (Å²) < 4.78 is 19.8. The zero-order chi connectivity index (χ0) is 18.8. The Hall–Kier alpha value is -3.74. The zero-order valence-electron chi connectivity index (χ0n) is 14.4. The van der Waals surface area contributed by atoms with E-state index in [9.17, 15) is 9.18 Å². The molecule has 0 bridgehead atoms. The molecule has 0 unspecified atom stereocenters. The molecule has 0 saturated heterocycles. The summed E-state index contributed by atoms with van der Waals surface area (Å²) in [6.07, 6.45) is 5.11. The van der Waals surface area contributed by atoms with Gasteiger partial charge >= 0.3 is 5.97 Å². The maximum Gasteiger partial charge on any atom is 0.337 e. The Bertz CT molecular complexity index is 1110. The predicted octanol–water partition coefficient (Wildman–Crippen LogP) is 4.07. The molecule has 0 spiro atoms. The van der Waals surface area contributed by atoms with Gasteiger partial charge < -0.3 is 10.1 Å². The Balaban J connectivity index is 1.80. The molecule has 0 fully saturated rings. The lowest BCUT2D eigenvalue weighted by atomic mass is 10.1. The van der Waals surface area contributed by atoms with Crippen molar-refractivity contribution in [2.45, 2.75) is 0 Å². The highest BCUT2D eigenvalue weighted by Crippen LogP contribution is 2.31. The summed E-state index contributed by atoms with van der Waals surface area (Å²) in [4.78, 5) is 20.4. The van der Waals surface area contributed by atoms with Crippen LogP contribution in [0.2, 0.25) is 0 Å². The highest BCUT2D eigenvalue weighted by atomic mass is 19.1. The molecule has 2 aromatic heterocycles. The predicted molar refractivity (Wildman–Crippen MR) is 99.4 cm³/mol. The first-order valence-electron chi connectivity index (χ1n) is 8.19. The van der Waals surface area contributed by atoms with Gasteiger partial charge in [0, 0.05) is 23.6 Å². The summed E-state index contributed by atoms with van der Waals surface area (Å²) in [5.41, 5.74) is 3.34. The Morgan fingerprint density at radius 3 is 2.56 bits per heavy atom. The molecule has 134 valence electrons. The number of methoxy groups -OCH3 is 1. The Labute approximate surface area is 154 Å². The standard InChI is InChI=1S/C20H15FN4O2/c1-27-20(26)14-4-2-13(3-5-14)18-19(23-16-8-6-15(21)7-9-16)25-11-10-22-12-17(25)24-18/h2-12,23H,1H3. The molecule has 27 heavy (non-hydrogen) atoms. The van der Waals surface area contributed by atoms with Crippen LogP contribution in [-0.2, 0) is 4.74 Å². The molecular weight excluding hydrogens is 347 g/mol. The van der Waals surface area contributed by atoms with E-state index >= 15 is 0 Å². The number of rotatable bonds is 4. The van der Waals surface area contributed by atoms with Crippen LogP contribution in [-0.4, -0.2) is 27.4 Å². The molecule has 6 nitrogen and oxygen atoms in total. The maximum absolute atomic E-state index is 13.2. The van der Waals surface area contributed by atoms with Crippen LogP contribution in [0.3, 0.4) is 0 Å². The minimum absolute atomic E-state index is 0.304. The Morgan fingerprint density at radius 1 is 1.11 bits per heavy atom. The number of nitrogens with one attached hydrogen (secondary N) is 1. The number of imidazole rings is 1. The van der Waals surface area contributed by atoms with Crippen molar-refractivity contribution in [1.82, 2.24) is 14.4 Å². The van der Waals surface area contributed by atoms with Crippen molar-refractivity contribution < 1.29 is 13.9 Å². The lowest BCUT2D eigenvalue weighted by Crippen LogP contribution is -2.00. The van der Waals surface area contributed by atoms with Crippen molar-refractivity contribution in [3.05, 3.63) is 78.5 Å². The SMILES string of the molecule is COC(=O)c1ccc(-c2nc3cnccn3c2Nc2ccc(F)cc2)cc1. The molecule has 2 heterocycles. The second kappa shape index (κ2) is 6.87. The third kappa shape index (κ3) is 3.22. The monoisotopic (exact) mass is 362 g/mol. The molecule has 0 aliphatic carbocycles. The third-order valence-corrected chi connectivity index (χ3v) is 4.12. The number of aromatic nitrogens is 3. The number of hydrogen-bond acceptors (Lipinski definition) is 5. The number of fused-ring (bicyclic) bond motifs is 1. The van der Waals surface area contributed by atoms with E-state index in [4.69, 9.17) is 4.74 Å². The lowest BCUT2D eigenvalue weighted by Gasteiger charge is -2.09. The minimum Gasteiger partial charge on any atom is -0.465 e. The molecular formula is C20H15FN4O2. The molecule has 4 aromatic rings. The highest BCUT2D eigenvalue weighted by molar-refractivity contribution is 5.90. The van der Waals surface area contributed by atoms with Gasteiger partial charge in [-0.3, -0.25) is 9.38 Å². The lowest BCUT2D eigenvalue weighted by molar-refractivity contribution is 0.0601. The van der Waals surface area contributed by atoms with Crippen LogP contribution >= 0.6 is 0 Å². The fourth-order valence-electron chi connectivity index (χ4n) is 2.78. The molecule has 0 aliphatic rings. The second-order valence-electron chi connectivity index (χ2n) is 5.81. The van der Waals surface area contributed by atoms with Crippen LogP contribution in [0, 0.1) is 5.82 Å². The Morgan fingerprint density at radius 2 is 1.85 bits per heavy atom.